The van der Waals surface area contributed by atoms with Crippen molar-refractivity contribution in [1.82, 2.24) is 9.62 Å². The minimum atomic E-state index is -3.46. The highest BCUT2D eigenvalue weighted by Gasteiger charge is 2.20. The molecule has 12 heavy (non-hydrogen) atoms. The summed E-state index contributed by atoms with van der Waals surface area (Å²) >= 11 is 0. The fourth-order valence-corrected chi connectivity index (χ4v) is 1.54. The highest BCUT2D eigenvalue weighted by Crippen LogP contribution is 1.99. The smallest absolute Gasteiger partial charge is 0.330 e. The van der Waals surface area contributed by atoms with Crippen molar-refractivity contribution in [1.29, 1.82) is 0 Å². The second kappa shape index (κ2) is 4.30. The van der Waals surface area contributed by atoms with E-state index < -0.39 is 16.1 Å². The van der Waals surface area contributed by atoms with E-state index in [1.54, 1.807) is 0 Å². The van der Waals surface area contributed by atoms with E-state index in [1.807, 2.05) is 0 Å². The molecule has 2 amide bonds. The Hall–Kier alpha value is -0.780. The predicted molar refractivity (Wildman–Crippen MR) is 46.0 cm³/mol. The van der Waals surface area contributed by atoms with Gasteiger partial charge in [-0.2, -0.15) is 0 Å². The van der Waals surface area contributed by atoms with Crippen LogP contribution in [0.25, 0.3) is 0 Å². The first-order chi connectivity index (χ1) is 5.43. The maximum Gasteiger partial charge on any atom is 0.330 e. The molecule has 0 spiro atoms. The summed E-state index contributed by atoms with van der Waals surface area (Å²) in [5, 5.41) is 2.24. The normalized spacial score (nSPS) is 10.9. The molecule has 5 nitrogen and oxygen atoms in total. The maximum atomic E-state index is 11.0. The lowest BCUT2D eigenvalue weighted by atomic mass is 10.5. The molecule has 0 aliphatic heterocycles. The second-order valence-electron chi connectivity index (χ2n) is 2.24. The zero-order valence-electron chi connectivity index (χ0n) is 7.20. The average Bonchev–Trinajstić information content (AvgIpc) is 1.96. The van der Waals surface area contributed by atoms with Crippen molar-refractivity contribution < 1.29 is 13.2 Å². The van der Waals surface area contributed by atoms with Crippen LogP contribution in [-0.2, 0) is 10.0 Å². The van der Waals surface area contributed by atoms with Crippen LogP contribution in [0.2, 0.25) is 0 Å². The average molecular weight is 193 g/mol. The van der Waals surface area contributed by atoms with Crippen molar-refractivity contribution in [3.05, 3.63) is 6.92 Å². The van der Waals surface area contributed by atoms with Crippen molar-refractivity contribution in [2.45, 2.75) is 6.42 Å². The fraction of sp³-hybridized carbons (Fsp3) is 0.667. The first-order valence-corrected chi connectivity index (χ1v) is 5.27. The molecule has 0 saturated heterocycles. The van der Waals surface area contributed by atoms with Gasteiger partial charge in [-0.1, -0.05) is 6.92 Å². The lowest BCUT2D eigenvalue weighted by Crippen LogP contribution is -2.42. The molecule has 0 aromatic carbocycles. The number of hydrogen-bond donors (Lipinski definition) is 1. The Morgan fingerprint density at radius 2 is 2.08 bits per heavy atom. The predicted octanol–water partition coefficient (Wildman–Crippen LogP) is -0.188. The van der Waals surface area contributed by atoms with Crippen molar-refractivity contribution in [3.63, 3.8) is 0 Å². The van der Waals surface area contributed by atoms with E-state index in [4.69, 9.17) is 0 Å². The molecule has 0 aliphatic carbocycles. The van der Waals surface area contributed by atoms with Gasteiger partial charge in [-0.15, -0.1) is 0 Å². The van der Waals surface area contributed by atoms with Gasteiger partial charge in [-0.3, -0.25) is 0 Å². The summed E-state index contributed by atoms with van der Waals surface area (Å²) < 4.78 is 22.7. The van der Waals surface area contributed by atoms with E-state index in [0.29, 0.717) is 6.42 Å². The second-order valence-corrected chi connectivity index (χ2v) is 4.15. The molecule has 0 atom stereocenters. The monoisotopic (exact) mass is 193 g/mol. The minimum Gasteiger partial charge on any atom is -0.340 e. The molecule has 0 aliphatic rings. The summed E-state index contributed by atoms with van der Waals surface area (Å²) in [6.07, 6.45) is 1.35. The molecular formula is C6H13N2O3S. The van der Waals surface area contributed by atoms with Crippen LogP contribution in [-0.4, -0.2) is 38.6 Å². The number of urea groups is 1. The van der Waals surface area contributed by atoms with Crippen molar-refractivity contribution in [3.8, 4) is 0 Å². The standard InChI is InChI=1S/C6H13N2O3S/c1-4-5-8(6(9)7-2)12(3,10)11/h1,4-5H2,2-3H3,(H,7,9). The van der Waals surface area contributed by atoms with E-state index in [9.17, 15) is 13.2 Å². The summed E-state index contributed by atoms with van der Waals surface area (Å²) in [7, 11) is -2.08. The van der Waals surface area contributed by atoms with Crippen LogP contribution in [0.3, 0.4) is 0 Å². The molecule has 0 aromatic heterocycles. The minimum absolute atomic E-state index is 0.110. The summed E-state index contributed by atoms with van der Waals surface area (Å²) in [6, 6.07) is -0.624. The van der Waals surface area contributed by atoms with Gasteiger partial charge < -0.3 is 5.32 Å². The Morgan fingerprint density at radius 1 is 1.58 bits per heavy atom. The van der Waals surface area contributed by atoms with Gasteiger partial charge in [0.1, 0.15) is 0 Å². The Labute approximate surface area is 72.8 Å². The molecule has 71 valence electrons. The molecular weight excluding hydrogens is 180 g/mol. The van der Waals surface area contributed by atoms with Crippen LogP contribution in [0.5, 0.6) is 0 Å². The van der Waals surface area contributed by atoms with Crippen molar-refractivity contribution >= 4 is 16.1 Å². The van der Waals surface area contributed by atoms with Crippen LogP contribution < -0.4 is 5.32 Å². The van der Waals surface area contributed by atoms with Crippen LogP contribution in [0, 0.1) is 6.92 Å². The molecule has 0 heterocycles. The number of sulfonamides is 1. The quantitative estimate of drug-likeness (QED) is 0.675. The summed E-state index contributed by atoms with van der Waals surface area (Å²) in [5.41, 5.74) is 0. The lowest BCUT2D eigenvalue weighted by molar-refractivity contribution is 0.226. The summed E-state index contributed by atoms with van der Waals surface area (Å²) in [6.45, 7) is 3.58. The van der Waals surface area contributed by atoms with Gasteiger partial charge in [0.05, 0.1) is 6.26 Å². The SMILES string of the molecule is [CH2]CCN(C(=O)NC)S(C)(=O)=O. The first kappa shape index (κ1) is 11.2. The Morgan fingerprint density at radius 3 is 2.33 bits per heavy atom. The number of nitrogens with one attached hydrogen (secondary N) is 1. The number of amides is 2. The van der Waals surface area contributed by atoms with E-state index >= 15 is 0 Å². The summed E-state index contributed by atoms with van der Waals surface area (Å²) in [5.74, 6) is 0. The Balaban J connectivity index is 4.56. The molecule has 0 saturated carbocycles. The molecule has 0 aromatic rings. The molecule has 0 rings (SSSR count). The van der Waals surface area contributed by atoms with Crippen LogP contribution in [0.1, 0.15) is 6.42 Å². The number of carbonyl (C=O) groups excluding carboxylic acids is 1. The van der Waals surface area contributed by atoms with Gasteiger partial charge in [0.2, 0.25) is 10.0 Å². The van der Waals surface area contributed by atoms with E-state index in [-0.39, 0.29) is 6.54 Å². The molecule has 1 N–H and O–H groups in total. The third-order valence-electron chi connectivity index (χ3n) is 1.20. The molecule has 1 radical (unpaired) electrons. The van der Waals surface area contributed by atoms with Crippen molar-refractivity contribution in [2.75, 3.05) is 19.8 Å². The highest BCUT2D eigenvalue weighted by molar-refractivity contribution is 7.88. The summed E-state index contributed by atoms with van der Waals surface area (Å²) in [4.78, 5) is 11.0. The number of carbonyl (C=O) groups is 1. The van der Waals surface area contributed by atoms with Gasteiger partial charge in [0.25, 0.3) is 0 Å². The van der Waals surface area contributed by atoms with E-state index in [1.165, 1.54) is 7.05 Å². The Bertz CT molecular complexity index is 248. The van der Waals surface area contributed by atoms with Crippen molar-refractivity contribution in [2.24, 2.45) is 0 Å². The number of rotatable bonds is 3. The van der Waals surface area contributed by atoms with Crippen LogP contribution >= 0.6 is 0 Å². The topological polar surface area (TPSA) is 66.5 Å². The largest absolute Gasteiger partial charge is 0.340 e. The lowest BCUT2D eigenvalue weighted by Gasteiger charge is -2.18. The molecule has 0 unspecified atom stereocenters. The third kappa shape index (κ3) is 3.08. The van der Waals surface area contributed by atoms with E-state index in [2.05, 4.69) is 12.2 Å². The Kier molecular flexibility index (Phi) is 4.02. The number of nitrogens with zero attached hydrogens (tertiary/aromatic N) is 1. The zero-order chi connectivity index (χ0) is 9.78. The first-order valence-electron chi connectivity index (χ1n) is 3.42. The van der Waals surface area contributed by atoms with Gasteiger partial charge in [0.15, 0.2) is 0 Å². The highest BCUT2D eigenvalue weighted by atomic mass is 32.2. The van der Waals surface area contributed by atoms with Gasteiger partial charge in [-0.05, 0) is 6.42 Å². The zero-order valence-corrected chi connectivity index (χ0v) is 8.02. The third-order valence-corrected chi connectivity index (χ3v) is 2.35. The van der Waals surface area contributed by atoms with Gasteiger partial charge >= 0.3 is 6.03 Å². The maximum absolute atomic E-state index is 11.0. The van der Waals surface area contributed by atoms with Gasteiger partial charge in [0, 0.05) is 13.6 Å². The van der Waals surface area contributed by atoms with Crippen LogP contribution in [0.4, 0.5) is 4.79 Å². The van der Waals surface area contributed by atoms with Gasteiger partial charge in [-0.25, -0.2) is 17.5 Å². The molecule has 6 heteroatoms. The number of hydrogen-bond acceptors (Lipinski definition) is 3. The molecule has 0 fully saturated rings. The molecule has 0 bridgehead atoms. The fourth-order valence-electron chi connectivity index (χ4n) is 0.686. The van der Waals surface area contributed by atoms with Crippen LogP contribution in [0.15, 0.2) is 0 Å². The van der Waals surface area contributed by atoms with E-state index in [0.717, 1.165) is 10.6 Å².